The van der Waals surface area contributed by atoms with Crippen molar-refractivity contribution in [3.8, 4) is 0 Å². The summed E-state index contributed by atoms with van der Waals surface area (Å²) < 4.78 is 5.91. The third-order valence-corrected chi connectivity index (χ3v) is 5.27. The van der Waals surface area contributed by atoms with Gasteiger partial charge in [-0.25, -0.2) is 4.98 Å². The quantitative estimate of drug-likeness (QED) is 0.827. The number of rotatable bonds is 3. The lowest BCUT2D eigenvalue weighted by atomic mass is 10.1. The van der Waals surface area contributed by atoms with Crippen molar-refractivity contribution >= 4 is 23.3 Å². The zero-order valence-corrected chi connectivity index (χ0v) is 15.4. The van der Waals surface area contributed by atoms with Crippen molar-refractivity contribution in [2.75, 3.05) is 37.7 Å². The van der Waals surface area contributed by atoms with Crippen LogP contribution in [0.5, 0.6) is 0 Å². The van der Waals surface area contributed by atoms with Crippen LogP contribution in [0.3, 0.4) is 0 Å². The molecule has 0 spiro atoms. The van der Waals surface area contributed by atoms with E-state index in [-0.39, 0.29) is 12.0 Å². The number of hydrogen-bond donors (Lipinski definition) is 0. The number of anilines is 1. The van der Waals surface area contributed by atoms with E-state index in [0.717, 1.165) is 55.4 Å². The summed E-state index contributed by atoms with van der Waals surface area (Å²) in [6.07, 6.45) is 3.88. The van der Waals surface area contributed by atoms with Gasteiger partial charge in [0.1, 0.15) is 11.9 Å². The average molecular weight is 372 g/mol. The molecule has 0 N–H and O–H groups in total. The summed E-state index contributed by atoms with van der Waals surface area (Å²) in [5, 5.41) is 0.723. The highest BCUT2D eigenvalue weighted by Gasteiger charge is 2.24. The molecule has 5 nitrogen and oxygen atoms in total. The minimum Gasteiger partial charge on any atom is -0.370 e. The molecule has 1 amide bonds. The van der Waals surface area contributed by atoms with Crippen LogP contribution in [0.1, 0.15) is 34.9 Å². The number of amides is 1. The van der Waals surface area contributed by atoms with Gasteiger partial charge in [0.2, 0.25) is 0 Å². The Bertz CT molecular complexity index is 758. The van der Waals surface area contributed by atoms with E-state index in [1.54, 1.807) is 6.20 Å². The van der Waals surface area contributed by atoms with Crippen molar-refractivity contribution in [3.63, 3.8) is 0 Å². The molecule has 4 rings (SSSR count). The van der Waals surface area contributed by atoms with Gasteiger partial charge in [-0.2, -0.15) is 0 Å². The normalized spacial score (nSPS) is 20.4. The number of aromatic nitrogens is 1. The van der Waals surface area contributed by atoms with Gasteiger partial charge in [-0.1, -0.05) is 23.7 Å². The van der Waals surface area contributed by atoms with Crippen LogP contribution in [0.2, 0.25) is 5.02 Å². The lowest BCUT2D eigenvalue weighted by Gasteiger charge is -2.34. The number of ether oxygens (including phenoxy) is 1. The molecule has 0 saturated carbocycles. The first kappa shape index (κ1) is 17.3. The van der Waals surface area contributed by atoms with Crippen LogP contribution in [0.25, 0.3) is 0 Å². The van der Waals surface area contributed by atoms with Gasteiger partial charge < -0.3 is 14.5 Å². The Morgan fingerprint density at radius 1 is 1.08 bits per heavy atom. The first-order chi connectivity index (χ1) is 12.7. The largest absolute Gasteiger partial charge is 0.370 e. The molecule has 136 valence electrons. The Morgan fingerprint density at radius 3 is 2.54 bits per heavy atom. The van der Waals surface area contributed by atoms with Gasteiger partial charge in [0.15, 0.2) is 0 Å². The molecule has 6 heteroatoms. The topological polar surface area (TPSA) is 45.7 Å². The van der Waals surface area contributed by atoms with E-state index in [0.29, 0.717) is 12.2 Å². The van der Waals surface area contributed by atoms with Crippen molar-refractivity contribution in [3.05, 3.63) is 58.7 Å². The van der Waals surface area contributed by atoms with Gasteiger partial charge in [-0.3, -0.25) is 4.79 Å². The van der Waals surface area contributed by atoms with Crippen molar-refractivity contribution in [2.45, 2.75) is 18.9 Å². The zero-order chi connectivity index (χ0) is 17.9. The van der Waals surface area contributed by atoms with Gasteiger partial charge in [0.25, 0.3) is 5.91 Å². The predicted octanol–water partition coefficient (Wildman–Crippen LogP) is 3.55. The summed E-state index contributed by atoms with van der Waals surface area (Å²) >= 11 is 5.97. The van der Waals surface area contributed by atoms with Crippen LogP contribution < -0.4 is 4.90 Å². The highest BCUT2D eigenvalue weighted by Crippen LogP contribution is 2.26. The molecule has 0 unspecified atom stereocenters. The Labute approximate surface area is 158 Å². The average Bonchev–Trinajstić information content (AvgIpc) is 3.23. The fourth-order valence-electron chi connectivity index (χ4n) is 3.54. The number of carbonyl (C=O) groups is 1. The van der Waals surface area contributed by atoms with Crippen molar-refractivity contribution < 1.29 is 9.53 Å². The Balaban J connectivity index is 1.45. The molecule has 2 aliphatic rings. The summed E-state index contributed by atoms with van der Waals surface area (Å²) in [6.45, 7) is 3.87. The Kier molecular flexibility index (Phi) is 5.09. The maximum Gasteiger partial charge on any atom is 0.255 e. The second kappa shape index (κ2) is 7.64. The van der Waals surface area contributed by atoms with Crippen LogP contribution in [-0.4, -0.2) is 48.6 Å². The molecule has 1 aromatic carbocycles. The number of halogens is 1. The number of hydrogen-bond acceptors (Lipinski definition) is 4. The summed E-state index contributed by atoms with van der Waals surface area (Å²) in [6, 6.07) is 11.6. The lowest BCUT2D eigenvalue weighted by Crippen LogP contribution is -2.38. The Morgan fingerprint density at radius 2 is 1.85 bits per heavy atom. The van der Waals surface area contributed by atoms with Gasteiger partial charge >= 0.3 is 0 Å². The third-order valence-electron chi connectivity index (χ3n) is 5.02. The molecule has 3 heterocycles. The maximum atomic E-state index is 12.4. The molecule has 2 saturated heterocycles. The molecule has 0 bridgehead atoms. The summed E-state index contributed by atoms with van der Waals surface area (Å²) in [5.41, 5.74) is 1.78. The van der Waals surface area contributed by atoms with Crippen LogP contribution in [-0.2, 0) is 4.74 Å². The fourth-order valence-corrected chi connectivity index (χ4v) is 3.66. The second-order valence-electron chi connectivity index (χ2n) is 6.76. The number of nitrogens with zero attached hydrogens (tertiary/aromatic N) is 3. The van der Waals surface area contributed by atoms with E-state index in [4.69, 9.17) is 16.3 Å². The van der Waals surface area contributed by atoms with Gasteiger partial charge in [-0.15, -0.1) is 0 Å². The molecule has 2 aliphatic heterocycles. The summed E-state index contributed by atoms with van der Waals surface area (Å²) in [7, 11) is 0. The monoisotopic (exact) mass is 371 g/mol. The highest BCUT2D eigenvalue weighted by atomic mass is 35.5. The molecule has 1 aromatic heterocycles. The van der Waals surface area contributed by atoms with E-state index >= 15 is 0 Å². The fraction of sp³-hybridized carbons (Fsp3) is 0.400. The maximum absolute atomic E-state index is 12.4. The van der Waals surface area contributed by atoms with Crippen molar-refractivity contribution in [1.29, 1.82) is 0 Å². The summed E-state index contributed by atoms with van der Waals surface area (Å²) in [5.74, 6) is 0.966. The molecule has 2 aromatic rings. The first-order valence-electron chi connectivity index (χ1n) is 9.08. The zero-order valence-electron chi connectivity index (χ0n) is 14.6. The van der Waals surface area contributed by atoms with Gasteiger partial charge in [-0.05, 0) is 42.7 Å². The van der Waals surface area contributed by atoms with Crippen LogP contribution in [0.15, 0.2) is 42.6 Å². The molecule has 1 atom stereocenters. The van der Waals surface area contributed by atoms with Crippen molar-refractivity contribution in [2.24, 2.45) is 0 Å². The highest BCUT2D eigenvalue weighted by molar-refractivity contribution is 6.30. The van der Waals surface area contributed by atoms with E-state index in [1.165, 1.54) is 0 Å². The van der Waals surface area contributed by atoms with E-state index in [9.17, 15) is 4.79 Å². The number of benzene rings is 1. The molecule has 26 heavy (non-hydrogen) atoms. The summed E-state index contributed by atoms with van der Waals surface area (Å²) in [4.78, 5) is 21.1. The van der Waals surface area contributed by atoms with E-state index in [1.807, 2.05) is 41.3 Å². The second-order valence-corrected chi connectivity index (χ2v) is 7.20. The molecule has 0 aliphatic carbocycles. The number of likely N-dealkylation sites (tertiary alicyclic amines) is 1. The third kappa shape index (κ3) is 3.69. The molecular weight excluding hydrogens is 350 g/mol. The molecular formula is C20H22ClN3O2. The number of pyridine rings is 1. The van der Waals surface area contributed by atoms with Gasteiger partial charge in [0.05, 0.1) is 12.2 Å². The minimum absolute atomic E-state index is 0.00581. The molecule has 2 fully saturated rings. The Hall–Kier alpha value is -2.11. The van der Waals surface area contributed by atoms with Crippen molar-refractivity contribution in [1.82, 2.24) is 9.88 Å². The minimum atomic E-state index is -0.00581. The number of morpholine rings is 1. The SMILES string of the molecule is O=C(c1ccc(N2CCO[C@H](c3ccc(Cl)cc3)C2)nc1)N1CCCC1. The van der Waals surface area contributed by atoms with E-state index < -0.39 is 0 Å². The van der Waals surface area contributed by atoms with E-state index in [2.05, 4.69) is 9.88 Å². The van der Waals surface area contributed by atoms with Gasteiger partial charge in [0, 0.05) is 37.4 Å². The van der Waals surface area contributed by atoms with Crippen LogP contribution in [0.4, 0.5) is 5.82 Å². The predicted molar refractivity (Wildman–Crippen MR) is 102 cm³/mol. The lowest BCUT2D eigenvalue weighted by molar-refractivity contribution is 0.0395. The number of carbonyl (C=O) groups excluding carboxylic acids is 1. The first-order valence-corrected chi connectivity index (χ1v) is 9.46. The molecule has 0 radical (unpaired) electrons. The standard InChI is InChI=1S/C20H22ClN3O2/c21-17-6-3-15(4-7-17)18-14-24(11-12-26-18)19-8-5-16(13-22-19)20(25)23-9-1-2-10-23/h3-8,13,18H,1-2,9-12,14H2/t18-/m0/s1. The smallest absolute Gasteiger partial charge is 0.255 e. The van der Waals surface area contributed by atoms with Crippen LogP contribution in [0, 0.1) is 0 Å². The van der Waals surface area contributed by atoms with Crippen LogP contribution >= 0.6 is 11.6 Å².